The van der Waals surface area contributed by atoms with Crippen LogP contribution in [0.25, 0.3) is 10.8 Å². The molecule has 0 radical (unpaired) electrons. The minimum atomic E-state index is 0.384. The van der Waals surface area contributed by atoms with Crippen LogP contribution in [0, 0.1) is 11.8 Å². The predicted octanol–water partition coefficient (Wildman–Crippen LogP) is 3.68. The normalized spacial score (nSPS) is 34.3. The van der Waals surface area contributed by atoms with Gasteiger partial charge in [0.05, 0.1) is 0 Å². The van der Waals surface area contributed by atoms with Crippen LogP contribution in [-0.2, 0) is 0 Å². The van der Waals surface area contributed by atoms with Gasteiger partial charge in [-0.15, -0.1) is 0 Å². The predicted molar refractivity (Wildman–Crippen MR) is 75.5 cm³/mol. The highest BCUT2D eigenvalue weighted by atomic mass is 14.7. The van der Waals surface area contributed by atoms with Crippen LogP contribution in [0.4, 0.5) is 0 Å². The van der Waals surface area contributed by atoms with Crippen LogP contribution >= 0.6 is 0 Å². The average Bonchev–Trinajstić information content (AvgIpc) is 2.99. The third-order valence-electron chi connectivity index (χ3n) is 5.16. The van der Waals surface area contributed by atoms with Crippen molar-refractivity contribution in [1.29, 1.82) is 0 Å². The summed E-state index contributed by atoms with van der Waals surface area (Å²) in [4.78, 5) is 0. The molecule has 4 rings (SSSR count). The Bertz CT molecular complexity index is 582. The molecular weight excluding hydrogens is 218 g/mol. The largest absolute Gasteiger partial charge is 0.327 e. The topological polar surface area (TPSA) is 26.0 Å². The molecule has 4 unspecified atom stereocenters. The van der Waals surface area contributed by atoms with Gasteiger partial charge in [-0.1, -0.05) is 42.5 Å². The van der Waals surface area contributed by atoms with Crippen LogP contribution < -0.4 is 5.73 Å². The van der Waals surface area contributed by atoms with Crippen molar-refractivity contribution in [3.05, 3.63) is 48.0 Å². The summed E-state index contributed by atoms with van der Waals surface area (Å²) in [6, 6.07) is 15.8. The molecule has 1 heteroatoms. The molecule has 2 bridgehead atoms. The molecule has 0 aromatic heterocycles. The van der Waals surface area contributed by atoms with E-state index in [0.717, 1.165) is 11.8 Å². The standard InChI is InChI=1S/C17H19N/c18-17-13-9-8-12(10-13)16(17)15-7-3-5-11-4-1-2-6-14(11)15/h1-7,12-13,16-17H,8-10,18H2. The van der Waals surface area contributed by atoms with Gasteiger partial charge in [0.1, 0.15) is 0 Å². The monoisotopic (exact) mass is 237 g/mol. The minimum absolute atomic E-state index is 0.384. The minimum Gasteiger partial charge on any atom is -0.327 e. The molecule has 92 valence electrons. The van der Waals surface area contributed by atoms with Crippen LogP contribution in [0.1, 0.15) is 30.7 Å². The van der Waals surface area contributed by atoms with E-state index >= 15 is 0 Å². The van der Waals surface area contributed by atoms with Crippen LogP contribution in [-0.4, -0.2) is 6.04 Å². The van der Waals surface area contributed by atoms with E-state index < -0.39 is 0 Å². The van der Waals surface area contributed by atoms with Gasteiger partial charge in [-0.2, -0.15) is 0 Å². The molecule has 2 N–H and O–H groups in total. The summed E-state index contributed by atoms with van der Waals surface area (Å²) in [7, 11) is 0. The maximum Gasteiger partial charge on any atom is 0.0139 e. The molecule has 0 aliphatic heterocycles. The molecule has 0 heterocycles. The van der Waals surface area contributed by atoms with Crippen molar-refractivity contribution in [1.82, 2.24) is 0 Å². The van der Waals surface area contributed by atoms with Gasteiger partial charge >= 0.3 is 0 Å². The molecule has 0 spiro atoms. The number of hydrogen-bond acceptors (Lipinski definition) is 1. The van der Waals surface area contributed by atoms with Crippen molar-refractivity contribution < 1.29 is 0 Å². The SMILES string of the molecule is NC1C2CCC(C2)C1c1cccc2ccccc12. The van der Waals surface area contributed by atoms with Crippen LogP contribution in [0.2, 0.25) is 0 Å². The number of rotatable bonds is 1. The molecule has 2 aliphatic carbocycles. The fourth-order valence-corrected chi connectivity index (χ4v) is 4.34. The Morgan fingerprint density at radius 2 is 1.67 bits per heavy atom. The van der Waals surface area contributed by atoms with Crippen LogP contribution in [0.3, 0.4) is 0 Å². The Labute approximate surface area is 108 Å². The molecule has 0 saturated heterocycles. The number of nitrogens with two attached hydrogens (primary N) is 1. The lowest BCUT2D eigenvalue weighted by Gasteiger charge is -2.29. The van der Waals surface area contributed by atoms with E-state index in [2.05, 4.69) is 42.5 Å². The van der Waals surface area contributed by atoms with Gasteiger partial charge in [0.2, 0.25) is 0 Å². The molecule has 2 aromatic carbocycles. The van der Waals surface area contributed by atoms with Gasteiger partial charge < -0.3 is 5.73 Å². The Morgan fingerprint density at radius 1 is 0.889 bits per heavy atom. The third-order valence-corrected chi connectivity index (χ3v) is 5.16. The first kappa shape index (κ1) is 10.6. The molecule has 18 heavy (non-hydrogen) atoms. The second-order valence-electron chi connectivity index (χ2n) is 6.00. The molecule has 1 nitrogen and oxygen atoms in total. The van der Waals surface area contributed by atoms with Gasteiger partial charge in [-0.3, -0.25) is 0 Å². The quantitative estimate of drug-likeness (QED) is 0.804. The maximum atomic E-state index is 6.49. The summed E-state index contributed by atoms with van der Waals surface area (Å²) in [5, 5.41) is 2.76. The zero-order chi connectivity index (χ0) is 12.1. The van der Waals surface area contributed by atoms with E-state index in [4.69, 9.17) is 5.73 Å². The van der Waals surface area contributed by atoms with Crippen LogP contribution in [0.5, 0.6) is 0 Å². The van der Waals surface area contributed by atoms with Crippen molar-refractivity contribution in [2.45, 2.75) is 31.2 Å². The number of hydrogen-bond donors (Lipinski definition) is 1. The fourth-order valence-electron chi connectivity index (χ4n) is 4.34. The second-order valence-corrected chi connectivity index (χ2v) is 6.00. The fraction of sp³-hybridized carbons (Fsp3) is 0.412. The Hall–Kier alpha value is -1.34. The molecular formula is C17H19N. The van der Waals surface area contributed by atoms with Crippen molar-refractivity contribution in [3.63, 3.8) is 0 Å². The lowest BCUT2D eigenvalue weighted by molar-refractivity contribution is 0.367. The van der Waals surface area contributed by atoms with E-state index in [-0.39, 0.29) is 0 Å². The zero-order valence-electron chi connectivity index (χ0n) is 10.5. The van der Waals surface area contributed by atoms with E-state index in [1.54, 1.807) is 0 Å². The first-order valence-electron chi connectivity index (χ1n) is 7.08. The van der Waals surface area contributed by atoms with Gasteiger partial charge in [0.25, 0.3) is 0 Å². The molecule has 2 fully saturated rings. The van der Waals surface area contributed by atoms with E-state index in [0.29, 0.717) is 12.0 Å². The molecule has 0 amide bonds. The van der Waals surface area contributed by atoms with Crippen LogP contribution in [0.15, 0.2) is 42.5 Å². The lowest BCUT2D eigenvalue weighted by Crippen LogP contribution is -2.34. The summed E-state index contributed by atoms with van der Waals surface area (Å²) in [5.41, 5.74) is 7.98. The Balaban J connectivity index is 1.88. The smallest absolute Gasteiger partial charge is 0.0139 e. The van der Waals surface area contributed by atoms with Crippen molar-refractivity contribution >= 4 is 10.8 Å². The first-order valence-corrected chi connectivity index (χ1v) is 7.08. The van der Waals surface area contributed by atoms with Crippen molar-refractivity contribution in [3.8, 4) is 0 Å². The Kier molecular flexibility index (Phi) is 2.25. The number of fused-ring (bicyclic) bond motifs is 3. The highest BCUT2D eigenvalue weighted by Crippen LogP contribution is 2.53. The molecule has 2 saturated carbocycles. The van der Waals surface area contributed by atoms with E-state index in [1.807, 2.05) is 0 Å². The number of benzene rings is 2. The summed E-state index contributed by atoms with van der Waals surface area (Å²) in [5.74, 6) is 2.20. The lowest BCUT2D eigenvalue weighted by atomic mass is 9.78. The summed E-state index contributed by atoms with van der Waals surface area (Å²) >= 11 is 0. The highest BCUT2D eigenvalue weighted by molar-refractivity contribution is 5.86. The highest BCUT2D eigenvalue weighted by Gasteiger charge is 2.46. The maximum absolute atomic E-state index is 6.49. The van der Waals surface area contributed by atoms with Gasteiger partial charge in [0.15, 0.2) is 0 Å². The van der Waals surface area contributed by atoms with E-state index in [1.165, 1.54) is 35.6 Å². The van der Waals surface area contributed by atoms with Crippen molar-refractivity contribution in [2.24, 2.45) is 17.6 Å². The Morgan fingerprint density at radius 3 is 2.50 bits per heavy atom. The summed E-state index contributed by atoms with van der Waals surface area (Å²) in [6.07, 6.45) is 4.09. The summed E-state index contributed by atoms with van der Waals surface area (Å²) < 4.78 is 0. The van der Waals surface area contributed by atoms with Gasteiger partial charge in [0, 0.05) is 12.0 Å². The second kappa shape index (κ2) is 3.83. The molecule has 2 aliphatic rings. The average molecular weight is 237 g/mol. The zero-order valence-corrected chi connectivity index (χ0v) is 10.5. The van der Waals surface area contributed by atoms with E-state index in [9.17, 15) is 0 Å². The first-order chi connectivity index (χ1) is 8.84. The van der Waals surface area contributed by atoms with Crippen molar-refractivity contribution in [2.75, 3.05) is 0 Å². The molecule has 4 atom stereocenters. The summed E-state index contributed by atoms with van der Waals surface area (Å²) in [6.45, 7) is 0. The third kappa shape index (κ3) is 1.37. The molecule has 2 aromatic rings. The van der Waals surface area contributed by atoms with Gasteiger partial charge in [-0.25, -0.2) is 0 Å². The van der Waals surface area contributed by atoms with Gasteiger partial charge in [-0.05, 0) is 47.4 Å².